The Morgan fingerprint density at radius 3 is 2.11 bits per heavy atom. The van der Waals surface area contributed by atoms with E-state index in [2.05, 4.69) is 10.6 Å². The van der Waals surface area contributed by atoms with Gasteiger partial charge in [-0.3, -0.25) is 4.79 Å². The molecule has 0 atom stereocenters. The molecule has 0 aromatic heterocycles. The average molecular weight is 362 g/mol. The third kappa shape index (κ3) is 4.58. The summed E-state index contributed by atoms with van der Waals surface area (Å²) in [6.45, 7) is 1.99. The minimum Gasteiger partial charge on any atom is -0.497 e. The van der Waals surface area contributed by atoms with E-state index in [0.29, 0.717) is 11.3 Å². The van der Waals surface area contributed by atoms with E-state index in [9.17, 15) is 4.79 Å². The highest BCUT2D eigenvalue weighted by Gasteiger charge is 2.07. The Morgan fingerprint density at radius 2 is 1.48 bits per heavy atom. The van der Waals surface area contributed by atoms with Gasteiger partial charge >= 0.3 is 0 Å². The van der Waals surface area contributed by atoms with E-state index in [0.717, 1.165) is 28.4 Å². The number of carbonyl (C=O) groups excluding carboxylic acids is 1. The lowest BCUT2D eigenvalue weighted by Gasteiger charge is -2.13. The van der Waals surface area contributed by atoms with Crippen LogP contribution in [0, 0.1) is 6.92 Å². The van der Waals surface area contributed by atoms with Gasteiger partial charge in [-0.25, -0.2) is 0 Å². The lowest BCUT2D eigenvalue weighted by Crippen LogP contribution is -2.11. The highest BCUT2D eigenvalue weighted by Crippen LogP contribution is 2.31. The Balaban J connectivity index is 1.68. The highest BCUT2D eigenvalue weighted by molar-refractivity contribution is 6.04. The lowest BCUT2D eigenvalue weighted by atomic mass is 10.1. The van der Waals surface area contributed by atoms with Gasteiger partial charge in [0, 0.05) is 23.0 Å². The number of benzene rings is 3. The molecule has 5 nitrogen and oxygen atoms in total. The van der Waals surface area contributed by atoms with Gasteiger partial charge in [0.05, 0.1) is 19.9 Å². The molecule has 5 heteroatoms. The number of methoxy groups -OCH3 is 2. The first kappa shape index (κ1) is 18.3. The van der Waals surface area contributed by atoms with Crippen molar-refractivity contribution in [3.8, 4) is 11.5 Å². The van der Waals surface area contributed by atoms with E-state index in [1.807, 2.05) is 73.7 Å². The van der Waals surface area contributed by atoms with Crippen molar-refractivity contribution in [2.24, 2.45) is 0 Å². The van der Waals surface area contributed by atoms with Crippen LogP contribution in [0.15, 0.2) is 66.7 Å². The fraction of sp³-hybridized carbons (Fsp3) is 0.136. The fourth-order valence-corrected chi connectivity index (χ4v) is 2.60. The molecule has 0 saturated heterocycles. The van der Waals surface area contributed by atoms with Crippen LogP contribution in [0.4, 0.5) is 17.1 Å². The molecule has 0 radical (unpaired) electrons. The third-order valence-electron chi connectivity index (χ3n) is 4.14. The maximum absolute atomic E-state index is 12.3. The average Bonchev–Trinajstić information content (AvgIpc) is 2.70. The lowest BCUT2D eigenvalue weighted by molar-refractivity contribution is 0.102. The van der Waals surface area contributed by atoms with E-state index in [1.165, 1.54) is 0 Å². The van der Waals surface area contributed by atoms with Gasteiger partial charge in [-0.05, 0) is 55.5 Å². The van der Waals surface area contributed by atoms with Gasteiger partial charge in [-0.15, -0.1) is 0 Å². The summed E-state index contributed by atoms with van der Waals surface area (Å²) in [5.74, 6) is 1.28. The molecule has 3 rings (SSSR count). The summed E-state index contributed by atoms with van der Waals surface area (Å²) in [6.07, 6.45) is 0. The zero-order valence-electron chi connectivity index (χ0n) is 15.6. The molecule has 2 N–H and O–H groups in total. The Morgan fingerprint density at radius 1 is 0.815 bits per heavy atom. The predicted molar refractivity (Wildman–Crippen MR) is 108 cm³/mol. The van der Waals surface area contributed by atoms with Crippen LogP contribution in [-0.2, 0) is 0 Å². The molecule has 0 aliphatic rings. The van der Waals surface area contributed by atoms with Gasteiger partial charge in [0.25, 0.3) is 5.91 Å². The highest BCUT2D eigenvalue weighted by atomic mass is 16.5. The quantitative estimate of drug-likeness (QED) is 0.647. The fourth-order valence-electron chi connectivity index (χ4n) is 2.60. The molecule has 1 amide bonds. The number of aryl methyl sites for hydroxylation is 1. The number of nitrogens with one attached hydrogen (secondary N) is 2. The van der Waals surface area contributed by atoms with Crippen LogP contribution in [0.3, 0.4) is 0 Å². The Bertz CT molecular complexity index is 919. The maximum Gasteiger partial charge on any atom is 0.255 e. The molecule has 0 unspecified atom stereocenters. The molecule has 27 heavy (non-hydrogen) atoms. The van der Waals surface area contributed by atoms with Crippen molar-refractivity contribution >= 4 is 23.0 Å². The third-order valence-corrected chi connectivity index (χ3v) is 4.14. The second kappa shape index (κ2) is 8.27. The van der Waals surface area contributed by atoms with E-state index in [4.69, 9.17) is 9.47 Å². The van der Waals surface area contributed by atoms with Crippen molar-refractivity contribution in [3.05, 3.63) is 77.9 Å². The van der Waals surface area contributed by atoms with Crippen molar-refractivity contribution in [3.63, 3.8) is 0 Å². The number of hydrogen-bond donors (Lipinski definition) is 2. The van der Waals surface area contributed by atoms with E-state index in [-0.39, 0.29) is 5.91 Å². The number of carbonyl (C=O) groups is 1. The normalized spacial score (nSPS) is 10.2. The van der Waals surface area contributed by atoms with E-state index in [1.54, 1.807) is 14.2 Å². The molecule has 0 aliphatic heterocycles. The smallest absolute Gasteiger partial charge is 0.255 e. The van der Waals surface area contributed by atoms with Crippen LogP contribution in [0.1, 0.15) is 15.9 Å². The second-order valence-electron chi connectivity index (χ2n) is 6.09. The molecule has 0 bridgehead atoms. The molecule has 0 saturated carbocycles. The van der Waals surface area contributed by atoms with Crippen LogP contribution in [0.2, 0.25) is 0 Å². The maximum atomic E-state index is 12.3. The molecule has 3 aromatic rings. The topological polar surface area (TPSA) is 59.6 Å². The van der Waals surface area contributed by atoms with Gasteiger partial charge < -0.3 is 20.1 Å². The molecule has 138 valence electrons. The number of hydrogen-bond acceptors (Lipinski definition) is 4. The van der Waals surface area contributed by atoms with Crippen molar-refractivity contribution in [2.45, 2.75) is 6.92 Å². The van der Waals surface area contributed by atoms with Crippen LogP contribution in [0.5, 0.6) is 11.5 Å². The van der Waals surface area contributed by atoms with Gasteiger partial charge in [0.2, 0.25) is 0 Å². The summed E-state index contributed by atoms with van der Waals surface area (Å²) in [5.41, 5.74) is 4.19. The summed E-state index contributed by atoms with van der Waals surface area (Å²) in [6, 6.07) is 20.5. The minimum absolute atomic E-state index is 0.132. The van der Waals surface area contributed by atoms with Crippen molar-refractivity contribution < 1.29 is 14.3 Å². The summed E-state index contributed by atoms with van der Waals surface area (Å²) < 4.78 is 10.6. The van der Waals surface area contributed by atoms with Gasteiger partial charge in [0.15, 0.2) is 0 Å². The minimum atomic E-state index is -0.132. The number of ether oxygens (including phenoxy) is 2. The first-order valence-corrected chi connectivity index (χ1v) is 8.56. The standard InChI is InChI=1S/C22H22N2O3/c1-15-4-6-16(7-5-15)22(25)24-18-10-8-17(9-11-18)23-20-13-12-19(26-2)14-21(20)27-3/h4-14,23H,1-3H3,(H,24,25). The van der Waals surface area contributed by atoms with Crippen LogP contribution < -0.4 is 20.1 Å². The van der Waals surface area contributed by atoms with Crippen LogP contribution in [0.25, 0.3) is 0 Å². The molecule has 0 fully saturated rings. The van der Waals surface area contributed by atoms with Crippen molar-refractivity contribution in [2.75, 3.05) is 24.9 Å². The van der Waals surface area contributed by atoms with Crippen molar-refractivity contribution in [1.29, 1.82) is 0 Å². The number of rotatable bonds is 6. The van der Waals surface area contributed by atoms with Gasteiger partial charge in [-0.1, -0.05) is 17.7 Å². The Hall–Kier alpha value is -3.47. The summed E-state index contributed by atoms with van der Waals surface area (Å²) in [5, 5.41) is 6.20. The molecular formula is C22H22N2O3. The summed E-state index contributed by atoms with van der Waals surface area (Å²) >= 11 is 0. The second-order valence-corrected chi connectivity index (χ2v) is 6.09. The first-order chi connectivity index (χ1) is 13.1. The van der Waals surface area contributed by atoms with E-state index >= 15 is 0 Å². The number of amides is 1. The summed E-state index contributed by atoms with van der Waals surface area (Å²) in [4.78, 5) is 12.3. The Labute approximate surface area is 158 Å². The zero-order valence-corrected chi connectivity index (χ0v) is 15.6. The van der Waals surface area contributed by atoms with Gasteiger partial charge in [0.1, 0.15) is 11.5 Å². The SMILES string of the molecule is COc1ccc(Nc2ccc(NC(=O)c3ccc(C)cc3)cc2)c(OC)c1. The van der Waals surface area contributed by atoms with Crippen molar-refractivity contribution in [1.82, 2.24) is 0 Å². The molecule has 0 spiro atoms. The van der Waals surface area contributed by atoms with E-state index < -0.39 is 0 Å². The largest absolute Gasteiger partial charge is 0.497 e. The number of anilines is 3. The molecule has 3 aromatic carbocycles. The zero-order chi connectivity index (χ0) is 19.2. The monoisotopic (exact) mass is 362 g/mol. The predicted octanol–water partition coefficient (Wildman–Crippen LogP) is 5.01. The Kier molecular flexibility index (Phi) is 5.61. The summed E-state index contributed by atoms with van der Waals surface area (Å²) in [7, 11) is 3.23. The first-order valence-electron chi connectivity index (χ1n) is 8.56. The van der Waals surface area contributed by atoms with Crippen LogP contribution >= 0.6 is 0 Å². The molecule has 0 aliphatic carbocycles. The molecule has 0 heterocycles. The van der Waals surface area contributed by atoms with Crippen LogP contribution in [-0.4, -0.2) is 20.1 Å². The van der Waals surface area contributed by atoms with Gasteiger partial charge in [-0.2, -0.15) is 0 Å². The molecular weight excluding hydrogens is 340 g/mol.